The fourth-order valence-corrected chi connectivity index (χ4v) is 4.32. The summed E-state index contributed by atoms with van der Waals surface area (Å²) in [6.45, 7) is 0.485. The topological polar surface area (TPSA) is 25.2 Å². The maximum atomic E-state index is 12.9. The molecule has 0 spiro atoms. The van der Waals surface area contributed by atoms with Crippen LogP contribution in [-0.4, -0.2) is 14.8 Å². The first-order valence-corrected chi connectivity index (χ1v) is 9.26. The fourth-order valence-electron chi connectivity index (χ4n) is 3.03. The number of amides is 1. The first kappa shape index (κ1) is 16.6. The molecule has 1 amide bonds. The Hall–Kier alpha value is -2.81. The number of thioether (sulfide) groups is 1. The van der Waals surface area contributed by atoms with Gasteiger partial charge in [-0.15, -0.1) is 6.42 Å². The smallest absolute Gasteiger partial charge is 0.270 e. The van der Waals surface area contributed by atoms with Crippen LogP contribution in [0, 0.1) is 12.3 Å². The molecule has 0 atom stereocenters. The predicted molar refractivity (Wildman–Crippen MR) is 113 cm³/mol. The summed E-state index contributed by atoms with van der Waals surface area (Å²) in [6.07, 6.45) is 9.37. The van der Waals surface area contributed by atoms with Gasteiger partial charge in [-0.1, -0.05) is 66.3 Å². The van der Waals surface area contributed by atoms with Gasteiger partial charge in [-0.2, -0.15) is 0 Å². The van der Waals surface area contributed by atoms with Crippen molar-refractivity contribution in [2.75, 3.05) is 4.90 Å². The Labute approximate surface area is 161 Å². The molecular weight excluding hydrogens is 360 g/mol. The SMILES string of the molecule is C#CCn1cc(/C=C2/SC(=S)N(c3ccccc3)C2=O)c2ccccc21. The molecule has 0 saturated carbocycles. The Bertz CT molecular complexity index is 1090. The van der Waals surface area contributed by atoms with Gasteiger partial charge in [0.15, 0.2) is 4.32 Å². The summed E-state index contributed by atoms with van der Waals surface area (Å²) in [5, 5.41) is 1.06. The number of thiocarbonyl (C=S) groups is 1. The first-order valence-electron chi connectivity index (χ1n) is 8.03. The summed E-state index contributed by atoms with van der Waals surface area (Å²) in [5.41, 5.74) is 2.80. The van der Waals surface area contributed by atoms with E-state index < -0.39 is 0 Å². The average Bonchev–Trinajstić information content (AvgIpc) is 3.14. The third-order valence-electron chi connectivity index (χ3n) is 4.18. The lowest BCUT2D eigenvalue weighted by Gasteiger charge is -2.13. The highest BCUT2D eigenvalue weighted by Gasteiger charge is 2.33. The fraction of sp³-hybridized carbons (Fsp3) is 0.0476. The zero-order valence-electron chi connectivity index (χ0n) is 13.8. The Morgan fingerprint density at radius 2 is 1.85 bits per heavy atom. The predicted octanol–water partition coefficient (Wildman–Crippen LogP) is 4.68. The van der Waals surface area contributed by atoms with Gasteiger partial charge >= 0.3 is 0 Å². The van der Waals surface area contributed by atoms with Crippen LogP contribution in [-0.2, 0) is 11.3 Å². The molecule has 4 rings (SSSR count). The number of aromatic nitrogens is 1. The van der Waals surface area contributed by atoms with Crippen molar-refractivity contribution in [1.82, 2.24) is 4.57 Å². The molecule has 1 aliphatic rings. The third kappa shape index (κ3) is 2.84. The van der Waals surface area contributed by atoms with Gasteiger partial charge in [-0.3, -0.25) is 9.69 Å². The number of fused-ring (bicyclic) bond motifs is 1. The van der Waals surface area contributed by atoms with Gasteiger partial charge in [-0.05, 0) is 24.3 Å². The van der Waals surface area contributed by atoms with Crippen LogP contribution < -0.4 is 4.90 Å². The van der Waals surface area contributed by atoms with E-state index in [1.807, 2.05) is 71.4 Å². The van der Waals surface area contributed by atoms with E-state index in [-0.39, 0.29) is 5.91 Å². The second-order valence-corrected chi connectivity index (χ2v) is 7.46. The molecule has 1 saturated heterocycles. The highest BCUT2D eigenvalue weighted by atomic mass is 32.2. The standard InChI is InChI=1S/C21H14N2OS2/c1-2-12-22-14-15(17-10-6-7-11-18(17)22)13-19-20(24)23(21(25)26-19)16-8-4-3-5-9-16/h1,3-11,13-14H,12H2/b19-13+. The Balaban J connectivity index is 1.76. The van der Waals surface area contributed by atoms with E-state index in [9.17, 15) is 4.79 Å². The average molecular weight is 374 g/mol. The largest absolute Gasteiger partial charge is 0.335 e. The number of anilines is 1. The monoisotopic (exact) mass is 374 g/mol. The van der Waals surface area contributed by atoms with Crippen molar-refractivity contribution < 1.29 is 4.79 Å². The zero-order chi connectivity index (χ0) is 18.1. The highest BCUT2D eigenvalue weighted by molar-refractivity contribution is 8.27. The van der Waals surface area contributed by atoms with Gasteiger partial charge in [-0.25, -0.2) is 0 Å². The van der Waals surface area contributed by atoms with E-state index in [1.165, 1.54) is 11.8 Å². The van der Waals surface area contributed by atoms with Gasteiger partial charge in [0.2, 0.25) is 0 Å². The lowest BCUT2D eigenvalue weighted by Crippen LogP contribution is -2.27. The van der Waals surface area contributed by atoms with Crippen LogP contribution in [0.15, 0.2) is 65.7 Å². The molecule has 0 unspecified atom stereocenters. The van der Waals surface area contributed by atoms with Crippen molar-refractivity contribution >= 4 is 56.9 Å². The molecule has 2 aromatic carbocycles. The molecule has 3 nitrogen and oxygen atoms in total. The summed E-state index contributed by atoms with van der Waals surface area (Å²) in [6, 6.07) is 17.5. The lowest BCUT2D eigenvalue weighted by molar-refractivity contribution is -0.113. The van der Waals surface area contributed by atoms with Crippen molar-refractivity contribution in [2.45, 2.75) is 6.54 Å². The Kier molecular flexibility index (Phi) is 4.37. The maximum Gasteiger partial charge on any atom is 0.270 e. The molecule has 0 N–H and O–H groups in total. The molecule has 0 radical (unpaired) electrons. The van der Waals surface area contributed by atoms with Crippen LogP contribution in [0.1, 0.15) is 5.56 Å². The molecule has 2 heterocycles. The van der Waals surface area contributed by atoms with Crippen molar-refractivity contribution in [2.24, 2.45) is 0 Å². The van der Waals surface area contributed by atoms with Crippen molar-refractivity contribution in [1.29, 1.82) is 0 Å². The Morgan fingerprint density at radius 3 is 2.62 bits per heavy atom. The molecule has 1 aromatic heterocycles. The summed E-state index contributed by atoms with van der Waals surface area (Å²) >= 11 is 6.75. The number of para-hydroxylation sites is 2. The van der Waals surface area contributed by atoms with Gasteiger partial charge in [0.1, 0.15) is 0 Å². The van der Waals surface area contributed by atoms with Gasteiger partial charge in [0.25, 0.3) is 5.91 Å². The van der Waals surface area contributed by atoms with E-state index in [0.717, 1.165) is 22.2 Å². The molecule has 3 aromatic rings. The van der Waals surface area contributed by atoms with E-state index in [2.05, 4.69) is 5.92 Å². The number of rotatable bonds is 3. The molecular formula is C21H14N2OS2. The van der Waals surface area contributed by atoms with E-state index in [0.29, 0.717) is 15.8 Å². The van der Waals surface area contributed by atoms with Crippen LogP contribution in [0.4, 0.5) is 5.69 Å². The number of carbonyl (C=O) groups excluding carboxylic acids is 1. The van der Waals surface area contributed by atoms with E-state index >= 15 is 0 Å². The zero-order valence-corrected chi connectivity index (χ0v) is 15.4. The number of hydrogen-bond donors (Lipinski definition) is 0. The summed E-state index contributed by atoms with van der Waals surface area (Å²) in [4.78, 5) is 15.1. The molecule has 5 heteroatoms. The maximum absolute atomic E-state index is 12.9. The number of terminal acetylenes is 1. The van der Waals surface area contributed by atoms with Crippen LogP contribution in [0.5, 0.6) is 0 Å². The lowest BCUT2D eigenvalue weighted by atomic mass is 10.1. The molecule has 126 valence electrons. The van der Waals surface area contributed by atoms with Crippen LogP contribution in [0.2, 0.25) is 0 Å². The van der Waals surface area contributed by atoms with E-state index in [4.69, 9.17) is 18.6 Å². The second-order valence-electron chi connectivity index (χ2n) is 5.79. The number of carbonyl (C=O) groups is 1. The minimum absolute atomic E-state index is 0.0972. The normalized spacial score (nSPS) is 15.8. The minimum atomic E-state index is -0.0972. The van der Waals surface area contributed by atoms with Gasteiger partial charge in [0, 0.05) is 22.7 Å². The molecule has 0 bridgehead atoms. The van der Waals surface area contributed by atoms with Crippen molar-refractivity contribution in [3.05, 3.63) is 71.3 Å². The van der Waals surface area contributed by atoms with Crippen LogP contribution >= 0.6 is 24.0 Å². The highest BCUT2D eigenvalue weighted by Crippen LogP contribution is 2.37. The molecule has 0 aliphatic carbocycles. The molecule has 1 aliphatic heterocycles. The summed E-state index contributed by atoms with van der Waals surface area (Å²) < 4.78 is 2.55. The minimum Gasteiger partial charge on any atom is -0.335 e. The third-order valence-corrected chi connectivity index (χ3v) is 5.48. The van der Waals surface area contributed by atoms with Crippen molar-refractivity contribution in [3.8, 4) is 12.3 Å². The molecule has 26 heavy (non-hydrogen) atoms. The number of hydrogen-bond acceptors (Lipinski definition) is 3. The molecule has 1 fully saturated rings. The van der Waals surface area contributed by atoms with Gasteiger partial charge < -0.3 is 4.57 Å². The quantitative estimate of drug-likeness (QED) is 0.378. The first-order chi connectivity index (χ1) is 12.7. The number of nitrogens with zero attached hydrogens (tertiary/aromatic N) is 2. The van der Waals surface area contributed by atoms with Gasteiger partial charge in [0.05, 0.1) is 17.1 Å². The van der Waals surface area contributed by atoms with Crippen LogP contribution in [0.25, 0.3) is 17.0 Å². The Morgan fingerprint density at radius 1 is 1.12 bits per heavy atom. The van der Waals surface area contributed by atoms with E-state index in [1.54, 1.807) is 4.90 Å². The summed E-state index contributed by atoms with van der Waals surface area (Å²) in [5.74, 6) is 2.57. The van der Waals surface area contributed by atoms with Crippen LogP contribution in [0.3, 0.4) is 0 Å². The second kappa shape index (κ2) is 6.83. The summed E-state index contributed by atoms with van der Waals surface area (Å²) in [7, 11) is 0. The van der Waals surface area contributed by atoms with Crippen molar-refractivity contribution in [3.63, 3.8) is 0 Å². The number of benzene rings is 2.